The zero-order valence-electron chi connectivity index (χ0n) is 20.6. The number of hydrogen-bond acceptors (Lipinski definition) is 5. The summed E-state index contributed by atoms with van der Waals surface area (Å²) in [6.07, 6.45) is -2.79. The van der Waals surface area contributed by atoms with Crippen LogP contribution >= 0.6 is 0 Å². The number of ether oxygens (including phenoxy) is 1. The number of carbonyl (C=O) groups is 1. The molecular formula is C26H30F4N4O3. The van der Waals surface area contributed by atoms with Gasteiger partial charge >= 0.3 is 0 Å². The van der Waals surface area contributed by atoms with Gasteiger partial charge < -0.3 is 24.8 Å². The number of amides is 1. The number of rotatable bonds is 7. The van der Waals surface area contributed by atoms with Crippen LogP contribution in [0.25, 0.3) is 0 Å². The van der Waals surface area contributed by atoms with Gasteiger partial charge in [0, 0.05) is 43.6 Å². The van der Waals surface area contributed by atoms with E-state index in [4.69, 9.17) is 4.74 Å². The second-order valence-electron chi connectivity index (χ2n) is 10.3. The van der Waals surface area contributed by atoms with Gasteiger partial charge in [-0.1, -0.05) is 18.2 Å². The van der Waals surface area contributed by atoms with Gasteiger partial charge in [0.2, 0.25) is 0 Å². The molecule has 1 saturated carbocycles. The first kappa shape index (κ1) is 25.7. The molecule has 5 rings (SSSR count). The Hall–Kier alpha value is -2.92. The van der Waals surface area contributed by atoms with Crippen LogP contribution in [-0.4, -0.2) is 60.9 Å². The summed E-state index contributed by atoms with van der Waals surface area (Å²) in [4.78, 5) is 28.7. The Bertz CT molecular complexity index is 1230. The molecule has 2 aromatic rings. The minimum atomic E-state index is -2.99. The smallest absolute Gasteiger partial charge is 0.266 e. The lowest BCUT2D eigenvalue weighted by Gasteiger charge is -2.29. The third-order valence-corrected chi connectivity index (χ3v) is 7.74. The van der Waals surface area contributed by atoms with Crippen molar-refractivity contribution < 1.29 is 27.1 Å². The second-order valence-corrected chi connectivity index (χ2v) is 10.3. The predicted octanol–water partition coefficient (Wildman–Crippen LogP) is 3.69. The van der Waals surface area contributed by atoms with E-state index in [1.807, 2.05) is 7.05 Å². The van der Waals surface area contributed by atoms with E-state index in [0.717, 1.165) is 19.2 Å². The van der Waals surface area contributed by atoms with E-state index in [-0.39, 0.29) is 36.8 Å². The maximum Gasteiger partial charge on any atom is 0.266 e. The third kappa shape index (κ3) is 4.98. The van der Waals surface area contributed by atoms with E-state index in [2.05, 4.69) is 15.5 Å². The molecule has 2 saturated heterocycles. The molecule has 0 radical (unpaired) electrons. The topological polar surface area (TPSA) is 75.6 Å². The van der Waals surface area contributed by atoms with Crippen molar-refractivity contribution in [2.75, 3.05) is 38.7 Å². The number of halogens is 4. The van der Waals surface area contributed by atoms with Gasteiger partial charge in [-0.3, -0.25) is 9.59 Å². The minimum Gasteiger partial charge on any atom is -0.381 e. The van der Waals surface area contributed by atoms with Crippen LogP contribution in [0.4, 0.5) is 23.2 Å². The number of alkyl halides is 3. The van der Waals surface area contributed by atoms with Gasteiger partial charge in [0.1, 0.15) is 12.0 Å². The Morgan fingerprint density at radius 3 is 2.57 bits per heavy atom. The van der Waals surface area contributed by atoms with Crippen LogP contribution in [0.5, 0.6) is 0 Å². The average molecular weight is 523 g/mol. The molecule has 11 heteroatoms. The molecule has 3 fully saturated rings. The summed E-state index contributed by atoms with van der Waals surface area (Å²) < 4.78 is 62.1. The minimum absolute atomic E-state index is 0.0815. The fourth-order valence-electron chi connectivity index (χ4n) is 5.67. The largest absolute Gasteiger partial charge is 0.381 e. The molecule has 0 unspecified atom stereocenters. The summed E-state index contributed by atoms with van der Waals surface area (Å²) in [5.41, 5.74) is -0.846. The number of nitrogens with one attached hydrogen (secondary N) is 2. The van der Waals surface area contributed by atoms with Crippen LogP contribution in [0.2, 0.25) is 0 Å². The lowest BCUT2D eigenvalue weighted by Crippen LogP contribution is -2.38. The summed E-state index contributed by atoms with van der Waals surface area (Å²) in [5, 5.41) is 5.99. The Balaban J connectivity index is 1.44. The molecule has 7 nitrogen and oxygen atoms in total. The van der Waals surface area contributed by atoms with Gasteiger partial charge in [0.05, 0.1) is 35.5 Å². The average Bonchev–Trinajstić information content (AvgIpc) is 3.29. The first-order valence-corrected chi connectivity index (χ1v) is 12.5. The van der Waals surface area contributed by atoms with Crippen molar-refractivity contribution in [3.63, 3.8) is 0 Å². The van der Waals surface area contributed by atoms with Gasteiger partial charge in [-0.15, -0.1) is 0 Å². The number of hydrogen-bond donors (Lipinski definition) is 2. The maximum atomic E-state index is 14.7. The number of nitrogens with zero attached hydrogens (tertiary/aromatic N) is 2. The molecule has 6 atom stereocenters. The quantitative estimate of drug-likeness (QED) is 0.543. The molecule has 3 heterocycles. The zero-order valence-corrected chi connectivity index (χ0v) is 20.6. The summed E-state index contributed by atoms with van der Waals surface area (Å²) in [6, 6.07) is 3.33. The standard InChI is InChI=1S/C26H30F4N4O3/c1-13(14-4-3-5-15(23(14)28)25(29)30)31-26(36)18-11-34(21-6-7-37-12-19(21)27)22(35)8-20(18)32-24-16-9-33(2)10-17(16)24/h3-5,8,11,13,16-17,19,21,24-25,32H,6-7,9-10,12H2,1-2H3,(H,31,36)/t13-,16-,17+,19-,21-,24+/m1/s1. The lowest BCUT2D eigenvalue weighted by molar-refractivity contribution is 0.00232. The molecule has 1 aliphatic carbocycles. The van der Waals surface area contributed by atoms with E-state index in [1.165, 1.54) is 35.9 Å². The maximum absolute atomic E-state index is 14.7. The number of piperidine rings is 1. The van der Waals surface area contributed by atoms with Crippen LogP contribution in [0, 0.1) is 17.7 Å². The highest BCUT2D eigenvalue weighted by Crippen LogP contribution is 2.47. The highest BCUT2D eigenvalue weighted by Gasteiger charge is 2.55. The van der Waals surface area contributed by atoms with Crippen LogP contribution in [-0.2, 0) is 4.74 Å². The summed E-state index contributed by atoms with van der Waals surface area (Å²) >= 11 is 0. The van der Waals surface area contributed by atoms with E-state index < -0.39 is 47.5 Å². The van der Waals surface area contributed by atoms with Crippen molar-refractivity contribution in [2.24, 2.45) is 11.8 Å². The number of carbonyl (C=O) groups excluding carboxylic acids is 1. The fourth-order valence-corrected chi connectivity index (χ4v) is 5.67. The SMILES string of the molecule is C[C@@H](NC(=O)c1cn([C@@H]2CCOC[C@H]2F)c(=O)cc1N[C@H]1[C@@H]2CN(C)C[C@@H]21)c1cccc(C(F)F)c1F. The summed E-state index contributed by atoms with van der Waals surface area (Å²) in [5.74, 6) is -0.902. The van der Waals surface area contributed by atoms with Crippen LogP contribution in [0.15, 0.2) is 35.3 Å². The Kier molecular flexibility index (Phi) is 7.01. The van der Waals surface area contributed by atoms with Gasteiger partial charge in [0.15, 0.2) is 0 Å². The van der Waals surface area contributed by atoms with Crippen molar-refractivity contribution in [1.29, 1.82) is 0 Å². The van der Waals surface area contributed by atoms with Gasteiger partial charge in [0.25, 0.3) is 17.9 Å². The van der Waals surface area contributed by atoms with E-state index >= 15 is 0 Å². The molecule has 0 spiro atoms. The Labute approximate surface area is 211 Å². The van der Waals surface area contributed by atoms with Crippen molar-refractivity contribution in [2.45, 2.75) is 44.1 Å². The van der Waals surface area contributed by atoms with Crippen molar-refractivity contribution >= 4 is 11.6 Å². The highest BCUT2D eigenvalue weighted by molar-refractivity contribution is 5.99. The molecule has 1 aromatic carbocycles. The van der Waals surface area contributed by atoms with E-state index in [0.29, 0.717) is 17.5 Å². The fraction of sp³-hybridized carbons (Fsp3) is 0.538. The number of benzene rings is 1. The number of pyridine rings is 1. The van der Waals surface area contributed by atoms with Gasteiger partial charge in [-0.25, -0.2) is 17.6 Å². The zero-order chi connectivity index (χ0) is 26.4. The number of anilines is 1. The van der Waals surface area contributed by atoms with Crippen molar-refractivity contribution in [3.05, 3.63) is 63.3 Å². The monoisotopic (exact) mass is 522 g/mol. The molecule has 0 bridgehead atoms. The number of aromatic nitrogens is 1. The summed E-state index contributed by atoms with van der Waals surface area (Å²) in [7, 11) is 2.04. The van der Waals surface area contributed by atoms with Crippen molar-refractivity contribution in [3.8, 4) is 0 Å². The predicted molar refractivity (Wildman–Crippen MR) is 129 cm³/mol. The molecule has 37 heavy (non-hydrogen) atoms. The normalized spacial score (nSPS) is 28.1. The first-order valence-electron chi connectivity index (χ1n) is 12.5. The summed E-state index contributed by atoms with van der Waals surface area (Å²) in [6.45, 7) is 3.45. The lowest BCUT2D eigenvalue weighted by atomic mass is 10.0. The van der Waals surface area contributed by atoms with Gasteiger partial charge in [-0.2, -0.15) is 0 Å². The first-order chi connectivity index (χ1) is 17.7. The Morgan fingerprint density at radius 1 is 1.19 bits per heavy atom. The molecule has 1 aromatic heterocycles. The highest BCUT2D eigenvalue weighted by atomic mass is 19.3. The molecule has 200 valence electrons. The van der Waals surface area contributed by atoms with Crippen LogP contribution in [0.3, 0.4) is 0 Å². The van der Waals surface area contributed by atoms with Crippen molar-refractivity contribution in [1.82, 2.24) is 14.8 Å². The van der Waals surface area contributed by atoms with Gasteiger partial charge in [-0.05, 0) is 32.2 Å². The number of fused-ring (bicyclic) bond motifs is 1. The molecule has 3 aliphatic rings. The molecule has 1 amide bonds. The Morgan fingerprint density at radius 2 is 1.89 bits per heavy atom. The van der Waals surface area contributed by atoms with E-state index in [9.17, 15) is 27.2 Å². The van der Waals surface area contributed by atoms with Crippen LogP contribution in [0.1, 0.15) is 53.3 Å². The molecular weight excluding hydrogens is 492 g/mol. The van der Waals surface area contributed by atoms with E-state index in [1.54, 1.807) is 0 Å². The number of likely N-dealkylation sites (tertiary alicyclic amines) is 1. The molecule has 2 aliphatic heterocycles. The second kappa shape index (κ2) is 10.1. The molecule has 2 N–H and O–H groups in total. The van der Waals surface area contributed by atoms with Crippen LogP contribution < -0.4 is 16.2 Å². The third-order valence-electron chi connectivity index (χ3n) is 7.74.